The molecule has 0 saturated carbocycles. The number of fused-ring (bicyclic) bond motifs is 1. The van der Waals surface area contributed by atoms with Gasteiger partial charge in [-0.2, -0.15) is 0 Å². The minimum Gasteiger partial charge on any atom is -0.259 e. The molecule has 0 radical (unpaired) electrons. The average Bonchev–Trinajstić information content (AvgIpc) is 2.28. The van der Waals surface area contributed by atoms with Crippen LogP contribution in [-0.4, -0.2) is 12.4 Å². The fourth-order valence-corrected chi connectivity index (χ4v) is 1.27. The second kappa shape index (κ2) is 3.11. The molecule has 0 aliphatic carbocycles. The van der Waals surface area contributed by atoms with Crippen molar-refractivity contribution in [3.63, 3.8) is 0 Å². The minimum absolute atomic E-state index is 0.802. The Morgan fingerprint density at radius 2 is 1.83 bits per heavy atom. The van der Waals surface area contributed by atoms with E-state index in [4.69, 9.17) is 0 Å². The zero-order valence-corrected chi connectivity index (χ0v) is 7.33. The Morgan fingerprint density at radius 1 is 1.08 bits per heavy atom. The van der Waals surface area contributed by atoms with Gasteiger partial charge >= 0.3 is 0 Å². The van der Waals surface area contributed by atoms with Gasteiger partial charge in [0.05, 0.1) is 11.4 Å². The first-order valence-electron chi connectivity index (χ1n) is 3.74. The summed E-state index contributed by atoms with van der Waals surface area (Å²) in [6.07, 6.45) is 4.51. The van der Waals surface area contributed by atoms with E-state index in [1.54, 1.807) is 0 Å². The lowest BCUT2D eigenvalue weighted by Gasteiger charge is -1.98. The minimum atomic E-state index is 0.802. The van der Waals surface area contributed by atoms with E-state index in [0.717, 1.165) is 22.7 Å². The largest absolute Gasteiger partial charge is 0.259 e. The molecule has 1 aromatic rings. The van der Waals surface area contributed by atoms with Gasteiger partial charge in [0.1, 0.15) is 0 Å². The third kappa shape index (κ3) is 1.41. The summed E-state index contributed by atoms with van der Waals surface area (Å²) in [4.78, 5) is 9.41. The monoisotopic (exact) mass is 176 g/mol. The zero-order chi connectivity index (χ0) is 8.39. The molecule has 1 aliphatic heterocycles. The molecule has 1 aromatic carbocycles. The molecule has 60 valence electrons. The molecule has 0 amide bonds. The maximum absolute atomic E-state index is 4.25. The van der Waals surface area contributed by atoms with E-state index in [1.807, 2.05) is 30.6 Å². The van der Waals surface area contributed by atoms with Crippen LogP contribution in [0.3, 0.4) is 0 Å². The molecular formula is C9H8N2S. The van der Waals surface area contributed by atoms with Crippen LogP contribution in [0.4, 0.5) is 11.4 Å². The van der Waals surface area contributed by atoms with E-state index in [0.29, 0.717) is 0 Å². The van der Waals surface area contributed by atoms with Gasteiger partial charge in [-0.25, -0.2) is 0 Å². The summed E-state index contributed by atoms with van der Waals surface area (Å²) in [5.41, 5.74) is 1.82. The molecule has 0 N–H and O–H groups in total. The summed E-state index contributed by atoms with van der Waals surface area (Å²) in [6, 6.07) is 5.76. The molecule has 0 unspecified atom stereocenters. The third-order valence-electron chi connectivity index (χ3n) is 1.63. The topological polar surface area (TPSA) is 24.7 Å². The average molecular weight is 176 g/mol. The van der Waals surface area contributed by atoms with E-state index < -0.39 is 0 Å². The van der Waals surface area contributed by atoms with E-state index in [9.17, 15) is 0 Å². The Hall–Kier alpha value is -1.09. The molecule has 12 heavy (non-hydrogen) atoms. The third-order valence-corrected chi connectivity index (χ3v) is 1.91. The van der Waals surface area contributed by atoms with Gasteiger partial charge in [0, 0.05) is 23.7 Å². The molecule has 0 atom stereocenters. The molecule has 2 nitrogen and oxygen atoms in total. The fraction of sp³-hybridized carbons (Fsp3) is 0.111. The summed E-state index contributed by atoms with van der Waals surface area (Å²) in [5.74, 6) is 0. The lowest BCUT2D eigenvalue weighted by Crippen LogP contribution is -1.70. The second-order valence-corrected chi connectivity index (χ2v) is 3.05. The van der Waals surface area contributed by atoms with Crippen molar-refractivity contribution in [1.82, 2.24) is 0 Å². The molecule has 2 rings (SSSR count). The number of hydrogen-bond donors (Lipinski definition) is 1. The van der Waals surface area contributed by atoms with Crippen LogP contribution in [-0.2, 0) is 0 Å². The van der Waals surface area contributed by atoms with E-state index in [2.05, 4.69) is 22.6 Å². The van der Waals surface area contributed by atoms with Gasteiger partial charge < -0.3 is 0 Å². The summed E-state index contributed by atoms with van der Waals surface area (Å²) in [7, 11) is 0. The number of nitrogens with zero attached hydrogens (tertiary/aromatic N) is 2. The Labute approximate surface area is 76.5 Å². The van der Waals surface area contributed by atoms with Gasteiger partial charge in [0.2, 0.25) is 0 Å². The smallest absolute Gasteiger partial charge is 0.0893 e. The van der Waals surface area contributed by atoms with Gasteiger partial charge in [0.25, 0.3) is 0 Å². The predicted octanol–water partition coefficient (Wildman–Crippen LogP) is 2.78. The number of hydrogen-bond acceptors (Lipinski definition) is 3. The molecular weight excluding hydrogens is 168 g/mol. The predicted molar refractivity (Wildman–Crippen MR) is 54.6 cm³/mol. The first-order chi connectivity index (χ1) is 5.86. The molecule has 0 fully saturated rings. The molecule has 0 aromatic heterocycles. The van der Waals surface area contributed by atoms with Crippen molar-refractivity contribution in [1.29, 1.82) is 0 Å². The molecule has 0 spiro atoms. The van der Waals surface area contributed by atoms with Crippen molar-refractivity contribution in [3.8, 4) is 0 Å². The van der Waals surface area contributed by atoms with E-state index in [-0.39, 0.29) is 0 Å². The standard InChI is InChI=1S/C9H8N2S/c12-7-2-3-8-9(6-7)11-5-1-4-10-8/h2-6,12H,1H2. The maximum atomic E-state index is 4.25. The molecule has 1 aliphatic rings. The summed E-state index contributed by atoms with van der Waals surface area (Å²) in [5, 5.41) is 0. The van der Waals surface area contributed by atoms with Crippen LogP contribution in [0.1, 0.15) is 6.42 Å². The first-order valence-corrected chi connectivity index (χ1v) is 4.19. The Morgan fingerprint density at radius 3 is 2.67 bits per heavy atom. The molecule has 3 heteroatoms. The quantitative estimate of drug-likeness (QED) is 0.588. The van der Waals surface area contributed by atoms with Crippen molar-refractivity contribution < 1.29 is 0 Å². The normalized spacial score (nSPS) is 14.1. The summed E-state index contributed by atoms with van der Waals surface area (Å²) < 4.78 is 0. The Bertz CT molecular complexity index is 356. The highest BCUT2D eigenvalue weighted by Crippen LogP contribution is 2.30. The fourth-order valence-electron chi connectivity index (χ4n) is 1.07. The van der Waals surface area contributed by atoms with Crippen molar-refractivity contribution in [2.24, 2.45) is 9.98 Å². The maximum Gasteiger partial charge on any atom is 0.0893 e. The van der Waals surface area contributed by atoms with Gasteiger partial charge in [-0.05, 0) is 18.2 Å². The van der Waals surface area contributed by atoms with Crippen LogP contribution < -0.4 is 0 Å². The van der Waals surface area contributed by atoms with Crippen LogP contribution in [0, 0.1) is 0 Å². The number of benzene rings is 1. The lowest BCUT2D eigenvalue weighted by atomic mass is 10.3. The van der Waals surface area contributed by atoms with Crippen LogP contribution in [0.2, 0.25) is 0 Å². The molecule has 0 saturated heterocycles. The number of aliphatic imine (C=N–C) groups is 2. The first kappa shape index (κ1) is 7.55. The molecule has 0 bridgehead atoms. The van der Waals surface area contributed by atoms with Crippen molar-refractivity contribution in [2.45, 2.75) is 11.3 Å². The summed E-state index contributed by atoms with van der Waals surface area (Å²) in [6.45, 7) is 0. The second-order valence-electron chi connectivity index (χ2n) is 2.53. The summed E-state index contributed by atoms with van der Waals surface area (Å²) >= 11 is 4.23. The van der Waals surface area contributed by atoms with Crippen LogP contribution in [0.15, 0.2) is 33.1 Å². The van der Waals surface area contributed by atoms with Gasteiger partial charge in [-0.1, -0.05) is 0 Å². The molecule has 1 heterocycles. The Kier molecular flexibility index (Phi) is 1.96. The van der Waals surface area contributed by atoms with Gasteiger partial charge in [-0.15, -0.1) is 12.6 Å². The number of thiol groups is 1. The van der Waals surface area contributed by atoms with Crippen molar-refractivity contribution in [2.75, 3.05) is 0 Å². The highest BCUT2D eigenvalue weighted by atomic mass is 32.1. The van der Waals surface area contributed by atoms with Gasteiger partial charge in [0.15, 0.2) is 0 Å². The van der Waals surface area contributed by atoms with Crippen molar-refractivity contribution >= 4 is 36.4 Å². The van der Waals surface area contributed by atoms with E-state index in [1.165, 1.54) is 0 Å². The van der Waals surface area contributed by atoms with Crippen LogP contribution in [0.5, 0.6) is 0 Å². The SMILES string of the molecule is Sc1ccc2c(c1)N=CCC=N2. The van der Waals surface area contributed by atoms with Crippen LogP contribution >= 0.6 is 12.6 Å². The lowest BCUT2D eigenvalue weighted by molar-refractivity contribution is 1.39. The zero-order valence-electron chi connectivity index (χ0n) is 6.44. The Balaban J connectivity index is 2.58. The van der Waals surface area contributed by atoms with Gasteiger partial charge in [-0.3, -0.25) is 9.98 Å². The highest BCUT2D eigenvalue weighted by Gasteiger charge is 2.00. The van der Waals surface area contributed by atoms with Crippen molar-refractivity contribution in [3.05, 3.63) is 18.2 Å². The van der Waals surface area contributed by atoms with Crippen LogP contribution in [0.25, 0.3) is 0 Å². The highest BCUT2D eigenvalue weighted by molar-refractivity contribution is 7.80. The number of rotatable bonds is 0. The van der Waals surface area contributed by atoms with E-state index >= 15 is 0 Å².